The van der Waals surface area contributed by atoms with Crippen LogP contribution in [-0.2, 0) is 14.3 Å². The maximum Gasteiger partial charge on any atom is 0.247 e. The summed E-state index contributed by atoms with van der Waals surface area (Å²) >= 11 is 0. The number of benzene rings is 1. The molecule has 3 N–H and O–H groups in total. The van der Waals surface area contributed by atoms with Gasteiger partial charge in [0, 0.05) is 31.3 Å². The summed E-state index contributed by atoms with van der Waals surface area (Å²) in [5, 5.41) is 23.2. The number of nitrogens with zero attached hydrogens (tertiary/aromatic N) is 1. The second kappa shape index (κ2) is 10.9. The highest BCUT2D eigenvalue weighted by Crippen LogP contribution is 2.47. The Morgan fingerprint density at radius 1 is 1.28 bits per heavy atom. The normalized spacial score (nSPS) is 23.8. The summed E-state index contributed by atoms with van der Waals surface area (Å²) in [7, 11) is 1.54. The molecule has 1 aliphatic carbocycles. The second-order valence-corrected chi connectivity index (χ2v) is 8.69. The fraction of sp³-hybridized carbons (Fsp3) is 0.583. The number of nitrogens with one attached hydrogen (secondary N) is 1. The van der Waals surface area contributed by atoms with Crippen LogP contribution in [0.5, 0.6) is 5.75 Å². The summed E-state index contributed by atoms with van der Waals surface area (Å²) < 4.78 is 11.2. The van der Waals surface area contributed by atoms with Gasteiger partial charge in [0.05, 0.1) is 31.6 Å². The molecule has 32 heavy (non-hydrogen) atoms. The van der Waals surface area contributed by atoms with Gasteiger partial charge < -0.3 is 29.9 Å². The van der Waals surface area contributed by atoms with E-state index in [-0.39, 0.29) is 38.0 Å². The molecule has 176 valence electrons. The highest BCUT2D eigenvalue weighted by atomic mass is 16.5. The molecule has 1 aliphatic heterocycles. The van der Waals surface area contributed by atoms with Crippen LogP contribution in [0, 0.1) is 5.92 Å². The minimum absolute atomic E-state index is 0.118. The molecule has 1 aromatic carbocycles. The van der Waals surface area contributed by atoms with E-state index < -0.39 is 24.2 Å². The molecule has 0 saturated carbocycles. The van der Waals surface area contributed by atoms with Gasteiger partial charge >= 0.3 is 0 Å². The van der Waals surface area contributed by atoms with Crippen LogP contribution in [0.1, 0.15) is 38.2 Å². The molecule has 2 aliphatic rings. The van der Waals surface area contributed by atoms with E-state index in [1.165, 1.54) is 0 Å². The molecule has 0 aromatic heterocycles. The largest absolute Gasteiger partial charge is 0.486 e. The number of fused-ring (bicyclic) bond motifs is 3. The molecule has 4 atom stereocenters. The van der Waals surface area contributed by atoms with Gasteiger partial charge in [0.1, 0.15) is 18.0 Å². The van der Waals surface area contributed by atoms with Crippen LogP contribution in [-0.4, -0.2) is 78.6 Å². The lowest BCUT2D eigenvalue weighted by atomic mass is 9.77. The summed E-state index contributed by atoms with van der Waals surface area (Å²) in [5.41, 5.74) is 1.28. The summed E-state index contributed by atoms with van der Waals surface area (Å²) in [6, 6.07) is 6.72. The van der Waals surface area contributed by atoms with Crippen LogP contribution in [0.25, 0.3) is 0 Å². The smallest absolute Gasteiger partial charge is 0.247 e. The van der Waals surface area contributed by atoms with Gasteiger partial charge in [-0.05, 0) is 24.5 Å². The number of hydrogen-bond acceptors (Lipinski definition) is 6. The fourth-order valence-corrected chi connectivity index (χ4v) is 4.36. The predicted octanol–water partition coefficient (Wildman–Crippen LogP) is 1.22. The molecule has 3 rings (SSSR count). The van der Waals surface area contributed by atoms with Crippen LogP contribution in [0.2, 0.25) is 0 Å². The molecule has 8 heteroatoms. The molecular formula is C24H34N2O6. The Bertz CT molecular complexity index is 840. The van der Waals surface area contributed by atoms with E-state index in [9.17, 15) is 14.7 Å². The molecule has 0 radical (unpaired) electrons. The van der Waals surface area contributed by atoms with Crippen molar-refractivity contribution in [2.24, 2.45) is 5.92 Å². The summed E-state index contributed by atoms with van der Waals surface area (Å²) in [6.45, 7) is 4.82. The van der Waals surface area contributed by atoms with Crippen molar-refractivity contribution in [3.05, 3.63) is 41.5 Å². The average Bonchev–Trinajstić information content (AvgIpc) is 3.17. The lowest BCUT2D eigenvalue weighted by molar-refractivity contribution is -0.138. The Kier molecular flexibility index (Phi) is 8.28. The minimum Gasteiger partial charge on any atom is -0.486 e. The van der Waals surface area contributed by atoms with Gasteiger partial charge in [-0.3, -0.25) is 9.59 Å². The van der Waals surface area contributed by atoms with Crippen molar-refractivity contribution in [2.75, 3.05) is 33.4 Å². The van der Waals surface area contributed by atoms with Crippen LogP contribution in [0.3, 0.4) is 0 Å². The van der Waals surface area contributed by atoms with Crippen molar-refractivity contribution in [1.29, 1.82) is 0 Å². The van der Waals surface area contributed by atoms with E-state index in [1.807, 2.05) is 24.3 Å². The number of carbonyl (C=O) groups is 2. The SMILES string of the molecule is COCCC(=O)N(CCC(C)C)[C@@H]1C=C(C(=O)NCCO)[C@@H]2c3ccccc3O[C@@H]2[C@H]1O. The topological polar surface area (TPSA) is 108 Å². The molecule has 2 amide bonds. The average molecular weight is 447 g/mol. The fourth-order valence-electron chi connectivity index (χ4n) is 4.36. The number of aliphatic hydroxyl groups excluding tert-OH is 2. The maximum absolute atomic E-state index is 13.0. The standard InChI is InChI=1S/C24H34N2O6/c1-15(2)8-11-26(20(28)9-13-31-3)18-14-17(24(30)25-10-12-27)21-16-6-4-5-7-19(16)32-23(21)22(18)29/h4-7,14-15,18,21-23,27,29H,8-13H2,1-3H3,(H,25,30)/t18-,21+,22+,23+/m1/s1. The number of ether oxygens (including phenoxy) is 2. The number of carbonyl (C=O) groups excluding carboxylic acids is 2. The van der Waals surface area contributed by atoms with Crippen LogP contribution < -0.4 is 10.1 Å². The minimum atomic E-state index is -1.000. The van der Waals surface area contributed by atoms with Crippen molar-refractivity contribution >= 4 is 11.8 Å². The number of rotatable bonds is 10. The van der Waals surface area contributed by atoms with E-state index in [4.69, 9.17) is 14.6 Å². The molecule has 1 aromatic rings. The number of amides is 2. The highest BCUT2D eigenvalue weighted by molar-refractivity contribution is 5.96. The van der Waals surface area contributed by atoms with Crippen molar-refractivity contribution in [1.82, 2.24) is 10.2 Å². The summed E-state index contributed by atoms with van der Waals surface area (Å²) in [4.78, 5) is 27.7. The van der Waals surface area contributed by atoms with Crippen LogP contribution in [0.15, 0.2) is 35.9 Å². The van der Waals surface area contributed by atoms with Crippen molar-refractivity contribution in [3.63, 3.8) is 0 Å². The number of para-hydroxylation sites is 1. The lowest BCUT2D eigenvalue weighted by Crippen LogP contribution is -2.56. The first-order chi connectivity index (χ1) is 15.4. The molecular weight excluding hydrogens is 412 g/mol. The lowest BCUT2D eigenvalue weighted by Gasteiger charge is -2.41. The molecule has 0 bridgehead atoms. The number of aliphatic hydroxyl groups is 2. The van der Waals surface area contributed by atoms with E-state index in [1.54, 1.807) is 18.1 Å². The predicted molar refractivity (Wildman–Crippen MR) is 119 cm³/mol. The summed E-state index contributed by atoms with van der Waals surface area (Å²) in [6.07, 6.45) is 0.966. The van der Waals surface area contributed by atoms with Crippen molar-refractivity contribution in [2.45, 2.75) is 50.9 Å². The van der Waals surface area contributed by atoms with Crippen molar-refractivity contribution < 1.29 is 29.3 Å². The quantitative estimate of drug-likeness (QED) is 0.499. The molecule has 1 heterocycles. The van der Waals surface area contributed by atoms with Gasteiger partial charge in [-0.1, -0.05) is 32.0 Å². The molecule has 8 nitrogen and oxygen atoms in total. The molecule has 0 fully saturated rings. The Hall–Kier alpha value is -2.42. The van der Waals surface area contributed by atoms with E-state index >= 15 is 0 Å². The third-order valence-electron chi connectivity index (χ3n) is 6.02. The number of hydrogen-bond donors (Lipinski definition) is 3. The second-order valence-electron chi connectivity index (χ2n) is 8.69. The highest BCUT2D eigenvalue weighted by Gasteiger charge is 2.50. The van der Waals surface area contributed by atoms with Gasteiger partial charge in [-0.25, -0.2) is 0 Å². The first kappa shape index (κ1) is 24.2. The third-order valence-corrected chi connectivity index (χ3v) is 6.02. The Morgan fingerprint density at radius 3 is 2.72 bits per heavy atom. The van der Waals surface area contributed by atoms with Crippen LogP contribution in [0.4, 0.5) is 0 Å². The Balaban J connectivity index is 1.99. The zero-order valence-electron chi connectivity index (χ0n) is 19.0. The first-order valence-electron chi connectivity index (χ1n) is 11.2. The van der Waals surface area contributed by atoms with Crippen molar-refractivity contribution in [3.8, 4) is 5.75 Å². The zero-order chi connectivity index (χ0) is 23.3. The third kappa shape index (κ3) is 5.14. The molecule has 0 saturated heterocycles. The van der Waals surface area contributed by atoms with Crippen LogP contribution >= 0.6 is 0 Å². The molecule has 0 unspecified atom stereocenters. The van der Waals surface area contributed by atoms with Gasteiger partial charge in [0.25, 0.3) is 0 Å². The van der Waals surface area contributed by atoms with Gasteiger partial charge in [-0.15, -0.1) is 0 Å². The monoisotopic (exact) mass is 446 g/mol. The first-order valence-corrected chi connectivity index (χ1v) is 11.2. The number of methoxy groups -OCH3 is 1. The Morgan fingerprint density at radius 2 is 2.03 bits per heavy atom. The zero-order valence-corrected chi connectivity index (χ0v) is 19.0. The van der Waals surface area contributed by atoms with E-state index in [0.29, 0.717) is 23.8 Å². The molecule has 0 spiro atoms. The van der Waals surface area contributed by atoms with Gasteiger partial charge in [0.2, 0.25) is 11.8 Å². The Labute approximate surface area is 189 Å². The van der Waals surface area contributed by atoms with E-state index in [2.05, 4.69) is 19.2 Å². The van der Waals surface area contributed by atoms with Gasteiger partial charge in [-0.2, -0.15) is 0 Å². The van der Waals surface area contributed by atoms with E-state index in [0.717, 1.165) is 12.0 Å². The summed E-state index contributed by atoms with van der Waals surface area (Å²) in [5.74, 6) is 0.0699. The van der Waals surface area contributed by atoms with Gasteiger partial charge in [0.15, 0.2) is 0 Å². The maximum atomic E-state index is 13.0.